The molecule has 176 valence electrons. The fraction of sp³-hybridized carbons (Fsp3) is 0.320. The van der Waals surface area contributed by atoms with E-state index in [0.717, 1.165) is 4.57 Å². The zero-order valence-electron chi connectivity index (χ0n) is 19.7. The number of hydrogen-bond donors (Lipinski definition) is 1. The molecule has 2 aromatic heterocycles. The molecule has 9 heteroatoms. The number of likely N-dealkylation sites (N-methyl/N-ethyl adjacent to an activating group) is 1. The van der Waals surface area contributed by atoms with Gasteiger partial charge in [-0.25, -0.2) is 9.18 Å². The SMILES string of the molecule is CC#CCn1c(N(C)CC(C)N)nc2c1c(=O)n(Cc1ccc(F)c3ccccc13)c(=O)n2C. The Hall–Kier alpha value is -3.90. The predicted octanol–water partition coefficient (Wildman–Crippen LogP) is 2.04. The van der Waals surface area contributed by atoms with Crippen molar-refractivity contribution in [2.75, 3.05) is 18.5 Å². The number of hydrogen-bond acceptors (Lipinski definition) is 5. The van der Waals surface area contributed by atoms with Gasteiger partial charge in [-0.2, -0.15) is 4.98 Å². The van der Waals surface area contributed by atoms with E-state index in [1.165, 1.54) is 10.6 Å². The molecule has 1 unspecified atom stereocenters. The molecule has 0 amide bonds. The third-order valence-electron chi connectivity index (χ3n) is 5.82. The molecule has 8 nitrogen and oxygen atoms in total. The summed E-state index contributed by atoms with van der Waals surface area (Å²) in [5, 5.41) is 1.09. The average molecular weight is 463 g/mol. The van der Waals surface area contributed by atoms with E-state index in [4.69, 9.17) is 5.73 Å². The second kappa shape index (κ2) is 9.15. The minimum Gasteiger partial charge on any atom is -0.344 e. The minimum absolute atomic E-state index is 0.00210. The van der Waals surface area contributed by atoms with Crippen molar-refractivity contribution in [3.63, 3.8) is 0 Å². The maximum atomic E-state index is 14.3. The van der Waals surface area contributed by atoms with Crippen molar-refractivity contribution in [3.8, 4) is 11.8 Å². The van der Waals surface area contributed by atoms with Crippen LogP contribution >= 0.6 is 0 Å². The number of nitrogens with two attached hydrogens (primary N) is 1. The van der Waals surface area contributed by atoms with Gasteiger partial charge in [0.15, 0.2) is 11.2 Å². The van der Waals surface area contributed by atoms with Crippen LogP contribution in [0.2, 0.25) is 0 Å². The van der Waals surface area contributed by atoms with E-state index in [1.54, 1.807) is 48.9 Å². The zero-order chi connectivity index (χ0) is 24.6. The summed E-state index contributed by atoms with van der Waals surface area (Å²) in [6, 6.07) is 9.85. The molecule has 1 atom stereocenters. The van der Waals surface area contributed by atoms with Crippen LogP contribution in [-0.4, -0.2) is 38.3 Å². The Labute approximate surface area is 196 Å². The number of aromatic nitrogens is 4. The largest absolute Gasteiger partial charge is 0.344 e. The number of rotatable bonds is 6. The summed E-state index contributed by atoms with van der Waals surface area (Å²) >= 11 is 0. The van der Waals surface area contributed by atoms with Crippen molar-refractivity contribution in [3.05, 3.63) is 68.6 Å². The van der Waals surface area contributed by atoms with E-state index in [1.807, 2.05) is 18.9 Å². The Morgan fingerprint density at radius 2 is 1.85 bits per heavy atom. The van der Waals surface area contributed by atoms with E-state index < -0.39 is 11.2 Å². The van der Waals surface area contributed by atoms with Crippen LogP contribution in [0.4, 0.5) is 10.3 Å². The maximum Gasteiger partial charge on any atom is 0.332 e. The first-order valence-electron chi connectivity index (χ1n) is 11.0. The minimum atomic E-state index is -0.501. The lowest BCUT2D eigenvalue weighted by atomic mass is 10.0. The Balaban J connectivity index is 1.96. The first-order valence-corrected chi connectivity index (χ1v) is 11.0. The standard InChI is InChI=1S/C25H27FN6O2/c1-5-6-13-31-21-22(28-24(31)29(3)14-16(2)27)30(4)25(34)32(23(21)33)15-17-11-12-20(26)19-10-8-7-9-18(17)19/h7-12,16H,13-15,27H2,1-4H3. The third kappa shape index (κ3) is 3.97. The van der Waals surface area contributed by atoms with Gasteiger partial charge in [0.2, 0.25) is 5.95 Å². The molecule has 0 aliphatic rings. The van der Waals surface area contributed by atoms with Gasteiger partial charge in [0.25, 0.3) is 5.56 Å². The molecule has 0 spiro atoms. The topological polar surface area (TPSA) is 91.1 Å². The van der Waals surface area contributed by atoms with Crippen molar-refractivity contribution >= 4 is 27.9 Å². The van der Waals surface area contributed by atoms with E-state index in [9.17, 15) is 14.0 Å². The monoisotopic (exact) mass is 462 g/mol. The van der Waals surface area contributed by atoms with Crippen molar-refractivity contribution in [2.24, 2.45) is 12.8 Å². The van der Waals surface area contributed by atoms with Crippen molar-refractivity contribution < 1.29 is 4.39 Å². The Kier molecular flexibility index (Phi) is 6.26. The normalized spacial score (nSPS) is 12.1. The highest BCUT2D eigenvalue weighted by atomic mass is 19.1. The quantitative estimate of drug-likeness (QED) is 0.443. The van der Waals surface area contributed by atoms with Gasteiger partial charge in [0, 0.05) is 32.1 Å². The second-order valence-corrected chi connectivity index (χ2v) is 8.44. The number of benzene rings is 2. The number of nitrogens with zero attached hydrogens (tertiary/aromatic N) is 5. The molecular weight excluding hydrogens is 435 g/mol. The first-order chi connectivity index (χ1) is 16.2. The Morgan fingerprint density at radius 1 is 1.15 bits per heavy atom. The first kappa shape index (κ1) is 23.3. The van der Waals surface area contributed by atoms with Gasteiger partial charge >= 0.3 is 5.69 Å². The predicted molar refractivity (Wildman–Crippen MR) is 133 cm³/mol. The van der Waals surface area contributed by atoms with Gasteiger partial charge in [-0.3, -0.25) is 18.5 Å². The highest BCUT2D eigenvalue weighted by Crippen LogP contribution is 2.23. The molecule has 0 saturated heterocycles. The molecule has 2 N–H and O–H groups in total. The Morgan fingerprint density at radius 3 is 2.53 bits per heavy atom. The van der Waals surface area contributed by atoms with Gasteiger partial charge in [-0.1, -0.05) is 36.3 Å². The molecule has 0 aliphatic heterocycles. The highest BCUT2D eigenvalue weighted by Gasteiger charge is 2.22. The number of aryl methyl sites for hydroxylation is 1. The summed E-state index contributed by atoms with van der Waals surface area (Å²) in [5.74, 6) is 5.99. The van der Waals surface area contributed by atoms with Gasteiger partial charge in [0.1, 0.15) is 5.82 Å². The third-order valence-corrected chi connectivity index (χ3v) is 5.82. The lowest BCUT2D eigenvalue weighted by Gasteiger charge is -2.20. The van der Waals surface area contributed by atoms with Crippen LogP contribution < -0.4 is 21.9 Å². The van der Waals surface area contributed by atoms with E-state index in [-0.39, 0.29) is 36.1 Å². The lowest BCUT2D eigenvalue weighted by Crippen LogP contribution is -2.40. The summed E-state index contributed by atoms with van der Waals surface area (Å²) in [6.45, 7) is 4.34. The molecule has 4 aromatic rings. The fourth-order valence-corrected chi connectivity index (χ4v) is 4.25. The molecule has 2 aromatic carbocycles. The van der Waals surface area contributed by atoms with Crippen molar-refractivity contribution in [2.45, 2.75) is 33.0 Å². The van der Waals surface area contributed by atoms with Crippen LogP contribution in [0.25, 0.3) is 21.9 Å². The summed E-state index contributed by atoms with van der Waals surface area (Å²) < 4.78 is 18.5. The molecule has 4 rings (SSSR count). The molecule has 34 heavy (non-hydrogen) atoms. The molecule has 0 saturated carbocycles. The van der Waals surface area contributed by atoms with Gasteiger partial charge in [-0.15, -0.1) is 5.92 Å². The highest BCUT2D eigenvalue weighted by molar-refractivity contribution is 5.86. The number of imidazole rings is 1. The summed E-state index contributed by atoms with van der Waals surface area (Å²) in [7, 11) is 3.42. The van der Waals surface area contributed by atoms with Gasteiger partial charge in [0.05, 0.1) is 13.1 Å². The van der Waals surface area contributed by atoms with Crippen LogP contribution in [0.1, 0.15) is 19.4 Å². The summed E-state index contributed by atoms with van der Waals surface area (Å²) in [5.41, 5.74) is 6.22. The van der Waals surface area contributed by atoms with Crippen LogP contribution in [-0.2, 0) is 20.1 Å². The van der Waals surface area contributed by atoms with E-state index in [2.05, 4.69) is 16.8 Å². The van der Waals surface area contributed by atoms with Crippen molar-refractivity contribution in [1.82, 2.24) is 18.7 Å². The molecule has 0 bridgehead atoms. The molecule has 0 fully saturated rings. The molecular formula is C25H27FN6O2. The summed E-state index contributed by atoms with van der Waals surface area (Å²) in [4.78, 5) is 33.4. The number of anilines is 1. The van der Waals surface area contributed by atoms with Gasteiger partial charge in [-0.05, 0) is 30.9 Å². The molecule has 0 aliphatic carbocycles. The fourth-order valence-electron chi connectivity index (χ4n) is 4.25. The van der Waals surface area contributed by atoms with Crippen molar-refractivity contribution in [1.29, 1.82) is 0 Å². The van der Waals surface area contributed by atoms with Crippen LogP contribution in [0.3, 0.4) is 0 Å². The maximum absolute atomic E-state index is 14.3. The van der Waals surface area contributed by atoms with Crippen LogP contribution in [0.15, 0.2) is 46.0 Å². The molecule has 2 heterocycles. The van der Waals surface area contributed by atoms with Crippen LogP contribution in [0, 0.1) is 17.7 Å². The number of halogens is 1. The van der Waals surface area contributed by atoms with Crippen LogP contribution in [0.5, 0.6) is 0 Å². The smallest absolute Gasteiger partial charge is 0.332 e. The zero-order valence-corrected chi connectivity index (χ0v) is 19.7. The number of fused-ring (bicyclic) bond motifs is 2. The second-order valence-electron chi connectivity index (χ2n) is 8.44. The van der Waals surface area contributed by atoms with E-state index >= 15 is 0 Å². The summed E-state index contributed by atoms with van der Waals surface area (Å²) in [6.07, 6.45) is 0. The Bertz CT molecular complexity index is 1570. The average Bonchev–Trinajstić information content (AvgIpc) is 3.20. The van der Waals surface area contributed by atoms with E-state index in [0.29, 0.717) is 28.8 Å². The lowest BCUT2D eigenvalue weighted by molar-refractivity contribution is 0.635. The molecule has 0 radical (unpaired) electrons. The van der Waals surface area contributed by atoms with Gasteiger partial charge < -0.3 is 10.6 Å².